The smallest absolute Gasteiger partial charge is 0.429 e. The summed E-state index contributed by atoms with van der Waals surface area (Å²) in [5.74, 6) is -0.695. The molecule has 8 nitrogen and oxygen atoms in total. The molecule has 0 saturated carbocycles. The molecule has 8 heteroatoms. The monoisotopic (exact) mass is 366 g/mol. The van der Waals surface area contributed by atoms with Crippen LogP contribution in [-0.4, -0.2) is 41.4 Å². The molecule has 0 bridgehead atoms. The molecular weight excluding hydrogens is 340 g/mol. The first-order valence-corrected chi connectivity index (χ1v) is 8.38. The Bertz CT molecular complexity index is 603. The van der Waals surface area contributed by atoms with Gasteiger partial charge in [0.25, 0.3) is 0 Å². The number of esters is 1. The van der Waals surface area contributed by atoms with Crippen LogP contribution in [0.5, 0.6) is 0 Å². The summed E-state index contributed by atoms with van der Waals surface area (Å²) in [6, 6.07) is 8.00. The molecule has 0 heterocycles. The van der Waals surface area contributed by atoms with E-state index in [0.29, 0.717) is 0 Å². The van der Waals surface area contributed by atoms with Gasteiger partial charge in [0.05, 0.1) is 12.2 Å². The molecule has 1 atom stereocenters. The molecule has 1 N–H and O–H groups in total. The number of rotatable bonds is 6. The predicted molar refractivity (Wildman–Crippen MR) is 93.9 cm³/mol. The number of hydrazine groups is 1. The first-order valence-electron chi connectivity index (χ1n) is 8.38. The second-order valence-corrected chi connectivity index (χ2v) is 6.14. The Morgan fingerprint density at radius 2 is 1.54 bits per heavy atom. The number of amides is 2. The van der Waals surface area contributed by atoms with Crippen LogP contribution in [0.1, 0.15) is 40.2 Å². The molecule has 1 unspecified atom stereocenters. The molecule has 0 aliphatic heterocycles. The normalized spacial score (nSPS) is 11.7. The van der Waals surface area contributed by atoms with Crippen LogP contribution < -0.4 is 5.43 Å². The van der Waals surface area contributed by atoms with Crippen LogP contribution in [0.3, 0.4) is 0 Å². The number of carbonyl (C=O) groups is 3. The molecule has 144 valence electrons. The lowest BCUT2D eigenvalue weighted by Gasteiger charge is -2.28. The van der Waals surface area contributed by atoms with Crippen LogP contribution in [0.2, 0.25) is 0 Å². The fraction of sp³-hybridized carbons (Fsp3) is 0.500. The second kappa shape index (κ2) is 10.3. The molecule has 26 heavy (non-hydrogen) atoms. The van der Waals surface area contributed by atoms with E-state index in [2.05, 4.69) is 5.43 Å². The van der Waals surface area contributed by atoms with Crippen molar-refractivity contribution in [3.05, 3.63) is 35.9 Å². The number of hydrogen-bond donors (Lipinski definition) is 1. The Hall–Kier alpha value is -2.77. The maximum absolute atomic E-state index is 12.3. The van der Waals surface area contributed by atoms with E-state index in [1.807, 2.05) is 18.2 Å². The summed E-state index contributed by atoms with van der Waals surface area (Å²) in [5, 5.41) is 0.762. The number of benzene rings is 1. The van der Waals surface area contributed by atoms with Gasteiger partial charge >= 0.3 is 18.2 Å². The Morgan fingerprint density at radius 1 is 0.962 bits per heavy atom. The van der Waals surface area contributed by atoms with Crippen molar-refractivity contribution in [2.45, 2.75) is 59.5 Å². The Kier molecular flexibility index (Phi) is 8.41. The number of nitrogens with zero attached hydrogens (tertiary/aromatic N) is 1. The van der Waals surface area contributed by atoms with Crippen LogP contribution in [-0.2, 0) is 25.6 Å². The Morgan fingerprint density at radius 3 is 2.08 bits per heavy atom. The van der Waals surface area contributed by atoms with Crippen molar-refractivity contribution in [1.29, 1.82) is 0 Å². The standard InChI is InChI=1S/C18H26N2O6/c1-12(2)25-17(22)19-20(18(23)26-13(3)4)14(5)16(21)24-11-15-9-7-6-8-10-15/h6-10,12-14H,11H2,1-5H3,(H,19,22). The lowest BCUT2D eigenvalue weighted by Crippen LogP contribution is -2.55. The van der Waals surface area contributed by atoms with Crippen molar-refractivity contribution in [2.24, 2.45) is 0 Å². The fourth-order valence-corrected chi connectivity index (χ4v) is 1.85. The maximum Gasteiger partial charge on any atom is 0.429 e. The van der Waals surface area contributed by atoms with Gasteiger partial charge in [-0.1, -0.05) is 30.3 Å². The van der Waals surface area contributed by atoms with Crippen LogP contribution in [0, 0.1) is 0 Å². The van der Waals surface area contributed by atoms with E-state index in [9.17, 15) is 14.4 Å². The molecule has 2 amide bonds. The van der Waals surface area contributed by atoms with Gasteiger partial charge in [0, 0.05) is 0 Å². The minimum atomic E-state index is -1.11. The molecule has 1 aromatic rings. The number of ether oxygens (including phenoxy) is 3. The third-order valence-corrected chi connectivity index (χ3v) is 3.04. The van der Waals surface area contributed by atoms with Gasteiger partial charge < -0.3 is 14.2 Å². The van der Waals surface area contributed by atoms with E-state index in [1.165, 1.54) is 6.92 Å². The van der Waals surface area contributed by atoms with Crippen molar-refractivity contribution < 1.29 is 28.6 Å². The van der Waals surface area contributed by atoms with Crippen molar-refractivity contribution in [3.8, 4) is 0 Å². The molecule has 0 saturated heterocycles. The zero-order valence-corrected chi connectivity index (χ0v) is 15.7. The lowest BCUT2D eigenvalue weighted by molar-refractivity contribution is -0.151. The Balaban J connectivity index is 2.77. The Labute approximate surface area is 153 Å². The van der Waals surface area contributed by atoms with Crippen molar-refractivity contribution >= 4 is 18.2 Å². The van der Waals surface area contributed by atoms with Crippen LogP contribution in [0.25, 0.3) is 0 Å². The highest BCUT2D eigenvalue weighted by Gasteiger charge is 2.31. The predicted octanol–water partition coefficient (Wildman–Crippen LogP) is 3.01. The molecule has 0 fully saturated rings. The number of nitrogens with one attached hydrogen (secondary N) is 1. The van der Waals surface area contributed by atoms with Crippen LogP contribution in [0.15, 0.2) is 30.3 Å². The van der Waals surface area contributed by atoms with E-state index in [1.54, 1.807) is 39.8 Å². The van der Waals surface area contributed by atoms with Gasteiger partial charge in [-0.3, -0.25) is 0 Å². The van der Waals surface area contributed by atoms with Gasteiger partial charge in [-0.2, -0.15) is 0 Å². The molecule has 0 spiro atoms. The molecule has 0 aliphatic rings. The van der Waals surface area contributed by atoms with Crippen molar-refractivity contribution in [1.82, 2.24) is 10.4 Å². The van der Waals surface area contributed by atoms with Gasteiger partial charge in [0.2, 0.25) is 0 Å². The lowest BCUT2D eigenvalue weighted by atomic mass is 10.2. The minimum Gasteiger partial charge on any atom is -0.459 e. The third-order valence-electron chi connectivity index (χ3n) is 3.04. The molecule has 0 aliphatic carbocycles. The van der Waals surface area contributed by atoms with Gasteiger partial charge in [-0.25, -0.2) is 24.8 Å². The van der Waals surface area contributed by atoms with Gasteiger partial charge in [-0.15, -0.1) is 0 Å². The van der Waals surface area contributed by atoms with Crippen molar-refractivity contribution in [2.75, 3.05) is 0 Å². The summed E-state index contributed by atoms with van der Waals surface area (Å²) < 4.78 is 15.2. The minimum absolute atomic E-state index is 0.0491. The highest BCUT2D eigenvalue weighted by molar-refractivity contribution is 5.82. The fourth-order valence-electron chi connectivity index (χ4n) is 1.85. The molecule has 1 rings (SSSR count). The van der Waals surface area contributed by atoms with E-state index >= 15 is 0 Å². The zero-order valence-electron chi connectivity index (χ0n) is 15.7. The third kappa shape index (κ3) is 7.42. The SMILES string of the molecule is CC(C)OC(=O)NN(C(=O)OC(C)C)C(C)C(=O)OCc1ccccc1. The summed E-state index contributed by atoms with van der Waals surface area (Å²) in [6.45, 7) is 8.10. The highest BCUT2D eigenvalue weighted by atomic mass is 16.6. The molecular formula is C18H26N2O6. The number of carbonyl (C=O) groups excluding carboxylic acids is 3. The summed E-state index contributed by atoms with van der Waals surface area (Å²) in [4.78, 5) is 36.3. The van der Waals surface area contributed by atoms with Crippen molar-refractivity contribution in [3.63, 3.8) is 0 Å². The first kappa shape index (κ1) is 21.3. The molecule has 0 radical (unpaired) electrons. The highest BCUT2D eigenvalue weighted by Crippen LogP contribution is 2.07. The largest absolute Gasteiger partial charge is 0.459 e. The molecule has 0 aromatic heterocycles. The van der Waals surface area contributed by atoms with E-state index < -0.39 is 36.4 Å². The first-order chi connectivity index (χ1) is 12.2. The topological polar surface area (TPSA) is 94.2 Å². The summed E-state index contributed by atoms with van der Waals surface area (Å²) >= 11 is 0. The van der Waals surface area contributed by atoms with Crippen LogP contribution >= 0.6 is 0 Å². The second-order valence-electron chi connectivity index (χ2n) is 6.14. The summed E-state index contributed by atoms with van der Waals surface area (Å²) in [7, 11) is 0. The zero-order chi connectivity index (χ0) is 19.7. The average Bonchev–Trinajstić information content (AvgIpc) is 2.56. The average molecular weight is 366 g/mol. The number of hydrogen-bond acceptors (Lipinski definition) is 6. The summed E-state index contributed by atoms with van der Waals surface area (Å²) in [5.41, 5.74) is 3.03. The van der Waals surface area contributed by atoms with E-state index in [-0.39, 0.29) is 6.61 Å². The quantitative estimate of drug-likeness (QED) is 0.472. The van der Waals surface area contributed by atoms with Gasteiger partial charge in [-0.05, 0) is 40.2 Å². The maximum atomic E-state index is 12.3. The van der Waals surface area contributed by atoms with E-state index in [4.69, 9.17) is 14.2 Å². The van der Waals surface area contributed by atoms with Gasteiger partial charge in [0.15, 0.2) is 6.04 Å². The van der Waals surface area contributed by atoms with Crippen LogP contribution in [0.4, 0.5) is 9.59 Å². The van der Waals surface area contributed by atoms with Gasteiger partial charge in [0.1, 0.15) is 6.61 Å². The molecule has 1 aromatic carbocycles. The summed E-state index contributed by atoms with van der Waals surface area (Å²) in [6.07, 6.45) is -2.58. The van der Waals surface area contributed by atoms with E-state index in [0.717, 1.165) is 10.6 Å².